The highest BCUT2D eigenvalue weighted by Gasteiger charge is 2.44. The lowest BCUT2D eigenvalue weighted by Crippen LogP contribution is -2.21. The predicted octanol–water partition coefficient (Wildman–Crippen LogP) is 4.99. The molecular weight excluding hydrogens is 423 g/mol. The molecule has 3 N–H and O–H groups in total. The van der Waals surface area contributed by atoms with Gasteiger partial charge < -0.3 is 5.73 Å². The molecule has 0 saturated carbocycles. The van der Waals surface area contributed by atoms with E-state index in [4.69, 9.17) is 18.7 Å². The smallest absolute Gasteiger partial charge is 0.326 e. The lowest BCUT2D eigenvalue weighted by molar-refractivity contribution is -0.0510. The molecule has 0 saturated heterocycles. The number of halogens is 3. The van der Waals surface area contributed by atoms with E-state index in [2.05, 4.69) is 72.8 Å². The number of nitrogens with two attached hydrogens (primary N) is 1. The summed E-state index contributed by atoms with van der Waals surface area (Å²) in [5, 5.41) is 0. The molecule has 0 unspecified atom stereocenters. The van der Waals surface area contributed by atoms with Crippen molar-refractivity contribution in [3.63, 3.8) is 0 Å². The van der Waals surface area contributed by atoms with Crippen LogP contribution in [0.5, 0.6) is 0 Å². The van der Waals surface area contributed by atoms with Gasteiger partial charge in [0.25, 0.3) is 0 Å². The fourth-order valence-electron chi connectivity index (χ4n) is 2.42. The summed E-state index contributed by atoms with van der Waals surface area (Å²) in [5.74, 6) is 0. The van der Waals surface area contributed by atoms with Crippen LogP contribution in [-0.4, -0.2) is 18.5 Å². The third kappa shape index (κ3) is 6.90. The Labute approximate surface area is 174 Å². The van der Waals surface area contributed by atoms with E-state index in [1.807, 2.05) is 6.07 Å². The maximum atomic E-state index is 10.7. The molecule has 156 valence electrons. The van der Waals surface area contributed by atoms with Gasteiger partial charge in [-0.15, -0.1) is 0 Å². The first-order chi connectivity index (χ1) is 13.1. The number of alkyl halides is 3. The minimum Gasteiger partial charge on any atom is -0.326 e. The first kappa shape index (κ1) is 24.7. The molecule has 0 aliphatic carbocycles. The van der Waals surface area contributed by atoms with Crippen LogP contribution in [0.4, 0.5) is 13.2 Å². The molecule has 0 spiro atoms. The standard InChI is InChI=1S/C19H17N.CHF3O3S.H2S/c20-14-15-10-12-17(13-11-15)19-9-5-4-8-18(19)16-6-2-1-3-7-16;2-1(3,4)8(5,6)7;/h1-13H,14,20H2;(H,5,6,7);1H2. The van der Waals surface area contributed by atoms with Gasteiger partial charge in [0.05, 0.1) is 0 Å². The molecule has 0 radical (unpaired) electrons. The number of rotatable bonds is 3. The van der Waals surface area contributed by atoms with Gasteiger partial charge in [0, 0.05) is 6.54 Å². The molecule has 0 aromatic heterocycles. The zero-order valence-corrected chi connectivity index (χ0v) is 16.9. The summed E-state index contributed by atoms with van der Waals surface area (Å²) in [7, 11) is -5.84. The quantitative estimate of drug-likeness (QED) is 0.442. The maximum absolute atomic E-state index is 10.7. The van der Waals surface area contributed by atoms with Crippen LogP contribution < -0.4 is 5.73 Å². The van der Waals surface area contributed by atoms with E-state index in [9.17, 15) is 13.2 Å². The largest absolute Gasteiger partial charge is 0.522 e. The topological polar surface area (TPSA) is 80.4 Å². The van der Waals surface area contributed by atoms with Crippen molar-refractivity contribution < 1.29 is 26.1 Å². The monoisotopic (exact) mass is 443 g/mol. The second-order valence-electron chi connectivity index (χ2n) is 5.73. The van der Waals surface area contributed by atoms with Crippen LogP contribution in [0.2, 0.25) is 0 Å². The molecule has 0 heterocycles. The molecule has 0 aliphatic heterocycles. The van der Waals surface area contributed by atoms with Crippen LogP contribution in [-0.2, 0) is 16.7 Å². The first-order valence-electron chi connectivity index (χ1n) is 8.11. The van der Waals surface area contributed by atoms with E-state index in [1.54, 1.807) is 0 Å². The van der Waals surface area contributed by atoms with E-state index in [-0.39, 0.29) is 13.5 Å². The average molecular weight is 444 g/mol. The third-order valence-corrected chi connectivity index (χ3v) is 4.39. The summed E-state index contributed by atoms with van der Waals surface area (Å²) in [6.07, 6.45) is 0. The van der Waals surface area contributed by atoms with Crippen LogP contribution in [0.1, 0.15) is 5.56 Å². The molecule has 9 heteroatoms. The molecule has 4 nitrogen and oxygen atoms in total. The van der Waals surface area contributed by atoms with E-state index >= 15 is 0 Å². The Morgan fingerprint density at radius 1 is 0.759 bits per heavy atom. The van der Waals surface area contributed by atoms with Crippen LogP contribution in [0.3, 0.4) is 0 Å². The molecule has 0 atom stereocenters. The predicted molar refractivity (Wildman–Crippen MR) is 113 cm³/mol. The van der Waals surface area contributed by atoms with Crippen molar-refractivity contribution in [2.75, 3.05) is 0 Å². The fourth-order valence-corrected chi connectivity index (χ4v) is 2.42. The van der Waals surface area contributed by atoms with Crippen LogP contribution in [0, 0.1) is 0 Å². The number of hydrogen-bond donors (Lipinski definition) is 2. The Bertz CT molecular complexity index is 1010. The summed E-state index contributed by atoms with van der Waals surface area (Å²) in [6.45, 7) is 0.584. The van der Waals surface area contributed by atoms with Gasteiger partial charge in [0.1, 0.15) is 0 Å². The molecule has 3 aromatic rings. The van der Waals surface area contributed by atoms with Gasteiger partial charge in [-0.05, 0) is 27.8 Å². The van der Waals surface area contributed by atoms with Crippen LogP contribution in [0.25, 0.3) is 22.3 Å². The highest BCUT2D eigenvalue weighted by Crippen LogP contribution is 2.31. The van der Waals surface area contributed by atoms with Crippen LogP contribution in [0.15, 0.2) is 78.9 Å². The molecular formula is C20H20F3NO3S2. The normalized spacial score (nSPS) is 11.1. The zero-order valence-electron chi connectivity index (χ0n) is 15.1. The van der Waals surface area contributed by atoms with Gasteiger partial charge >= 0.3 is 15.6 Å². The van der Waals surface area contributed by atoms with E-state index < -0.39 is 15.6 Å². The minimum absolute atomic E-state index is 0. The van der Waals surface area contributed by atoms with Crippen molar-refractivity contribution in [2.45, 2.75) is 12.1 Å². The third-order valence-electron chi connectivity index (χ3n) is 3.80. The molecule has 0 aliphatic rings. The molecule has 3 rings (SSSR count). The highest BCUT2D eigenvalue weighted by atomic mass is 32.2. The number of benzene rings is 3. The van der Waals surface area contributed by atoms with Crippen molar-refractivity contribution in [3.05, 3.63) is 84.4 Å². The molecule has 0 fully saturated rings. The van der Waals surface area contributed by atoms with E-state index in [0.29, 0.717) is 6.54 Å². The van der Waals surface area contributed by atoms with Crippen molar-refractivity contribution in [1.29, 1.82) is 0 Å². The van der Waals surface area contributed by atoms with Crippen molar-refractivity contribution in [1.82, 2.24) is 0 Å². The molecule has 3 aromatic carbocycles. The van der Waals surface area contributed by atoms with Gasteiger partial charge in [-0.3, -0.25) is 4.55 Å². The second kappa shape index (κ2) is 10.4. The molecule has 29 heavy (non-hydrogen) atoms. The SMILES string of the molecule is NCc1ccc(-c2ccccc2-c2ccccc2)cc1.O=S(=O)(O)C(F)(F)F.S. The Morgan fingerprint density at radius 2 is 1.14 bits per heavy atom. The van der Waals surface area contributed by atoms with Crippen molar-refractivity contribution >= 4 is 23.6 Å². The lowest BCUT2D eigenvalue weighted by Gasteiger charge is -2.10. The van der Waals surface area contributed by atoms with E-state index in [0.717, 1.165) is 5.56 Å². The van der Waals surface area contributed by atoms with Crippen LogP contribution >= 0.6 is 13.5 Å². The van der Waals surface area contributed by atoms with Gasteiger partial charge in [0.2, 0.25) is 0 Å². The van der Waals surface area contributed by atoms with Gasteiger partial charge in [-0.2, -0.15) is 35.1 Å². The van der Waals surface area contributed by atoms with Crippen molar-refractivity contribution in [3.8, 4) is 22.3 Å². The Balaban J connectivity index is 0.000000403. The molecule has 0 amide bonds. The van der Waals surface area contributed by atoms with Crippen molar-refractivity contribution in [2.24, 2.45) is 5.73 Å². The number of hydrogen-bond acceptors (Lipinski definition) is 3. The summed E-state index contributed by atoms with van der Waals surface area (Å²) < 4.78 is 57.5. The van der Waals surface area contributed by atoms with E-state index in [1.165, 1.54) is 22.3 Å². The Hall–Kier alpha value is -2.33. The Kier molecular flexibility index (Phi) is 8.90. The Morgan fingerprint density at radius 3 is 1.52 bits per heavy atom. The summed E-state index contributed by atoms with van der Waals surface area (Å²) in [6, 6.07) is 27.5. The molecule has 0 bridgehead atoms. The zero-order chi connectivity index (χ0) is 20.8. The van der Waals surface area contributed by atoms with Gasteiger partial charge in [-0.25, -0.2) is 0 Å². The van der Waals surface area contributed by atoms with Gasteiger partial charge in [0.15, 0.2) is 0 Å². The summed E-state index contributed by atoms with van der Waals surface area (Å²) in [5.41, 5.74) is 6.26. The second-order valence-corrected chi connectivity index (χ2v) is 7.15. The average Bonchev–Trinajstić information content (AvgIpc) is 2.68. The minimum atomic E-state index is -5.84. The summed E-state index contributed by atoms with van der Waals surface area (Å²) in [4.78, 5) is 0. The lowest BCUT2D eigenvalue weighted by atomic mass is 9.94. The summed E-state index contributed by atoms with van der Waals surface area (Å²) >= 11 is 0. The highest BCUT2D eigenvalue weighted by molar-refractivity contribution is 7.86. The van der Waals surface area contributed by atoms with Gasteiger partial charge in [-0.1, -0.05) is 78.9 Å². The fraction of sp³-hybridized carbons (Fsp3) is 0.100. The first-order valence-corrected chi connectivity index (χ1v) is 9.55. The maximum Gasteiger partial charge on any atom is 0.522 e.